The van der Waals surface area contributed by atoms with E-state index in [1.807, 2.05) is 6.92 Å². The molecule has 0 spiro atoms. The fourth-order valence-electron chi connectivity index (χ4n) is 2.46. The summed E-state index contributed by atoms with van der Waals surface area (Å²) in [4.78, 5) is 4.93. The van der Waals surface area contributed by atoms with E-state index in [0.29, 0.717) is 12.6 Å². The van der Waals surface area contributed by atoms with Crippen LogP contribution in [0.5, 0.6) is 0 Å². The van der Waals surface area contributed by atoms with Crippen LogP contribution in [0.4, 0.5) is 0 Å². The van der Waals surface area contributed by atoms with Gasteiger partial charge in [-0.3, -0.25) is 4.90 Å². The fraction of sp³-hybridized carbons (Fsp3) is 1.00. The maximum absolute atomic E-state index is 9.97. The van der Waals surface area contributed by atoms with Crippen molar-refractivity contribution in [3.63, 3.8) is 0 Å². The van der Waals surface area contributed by atoms with Crippen LogP contribution in [0.25, 0.3) is 0 Å². The molecule has 0 bridgehead atoms. The van der Waals surface area contributed by atoms with Crippen LogP contribution in [-0.4, -0.2) is 66.3 Å². The second-order valence-corrected chi connectivity index (χ2v) is 5.66. The Kier molecular flexibility index (Phi) is 5.86. The second-order valence-electron chi connectivity index (χ2n) is 5.66. The molecule has 4 heteroatoms. The summed E-state index contributed by atoms with van der Waals surface area (Å²) in [5, 5.41) is 9.97. The molecule has 4 nitrogen and oxygen atoms in total. The lowest BCUT2D eigenvalue weighted by Gasteiger charge is -2.32. The smallest absolute Gasteiger partial charge is 0.0753 e. The number of nitrogens with zero attached hydrogens (tertiary/aromatic N) is 2. The first-order valence-electron chi connectivity index (χ1n) is 6.83. The monoisotopic (exact) mass is 243 g/mol. The van der Waals surface area contributed by atoms with Gasteiger partial charge in [0.05, 0.1) is 5.60 Å². The average Bonchev–Trinajstić information content (AvgIpc) is 2.48. The van der Waals surface area contributed by atoms with Gasteiger partial charge in [-0.1, -0.05) is 6.92 Å². The lowest BCUT2D eigenvalue weighted by atomic mass is 10.0. The molecule has 2 unspecified atom stereocenters. The second kappa shape index (κ2) is 6.69. The lowest BCUT2D eigenvalue weighted by molar-refractivity contribution is 0.0413. The van der Waals surface area contributed by atoms with Gasteiger partial charge >= 0.3 is 0 Å². The quantitative estimate of drug-likeness (QED) is 0.738. The molecule has 1 saturated heterocycles. The number of rotatable bonds is 5. The van der Waals surface area contributed by atoms with Crippen molar-refractivity contribution in [2.24, 2.45) is 5.73 Å². The van der Waals surface area contributed by atoms with Crippen molar-refractivity contribution in [2.45, 2.75) is 44.8 Å². The number of likely N-dealkylation sites (N-methyl/N-ethyl adjacent to an activating group) is 1. The van der Waals surface area contributed by atoms with Gasteiger partial charge in [0, 0.05) is 25.7 Å². The topological polar surface area (TPSA) is 52.7 Å². The van der Waals surface area contributed by atoms with E-state index in [2.05, 4.69) is 23.8 Å². The Morgan fingerprint density at radius 3 is 2.71 bits per heavy atom. The van der Waals surface area contributed by atoms with E-state index in [0.717, 1.165) is 26.1 Å². The van der Waals surface area contributed by atoms with Gasteiger partial charge in [-0.2, -0.15) is 0 Å². The minimum Gasteiger partial charge on any atom is -0.389 e. The van der Waals surface area contributed by atoms with Gasteiger partial charge in [0.15, 0.2) is 0 Å². The van der Waals surface area contributed by atoms with Crippen LogP contribution >= 0.6 is 0 Å². The van der Waals surface area contributed by atoms with E-state index in [1.54, 1.807) is 0 Å². The lowest BCUT2D eigenvalue weighted by Crippen LogP contribution is -2.44. The van der Waals surface area contributed by atoms with Gasteiger partial charge in [-0.15, -0.1) is 0 Å². The maximum Gasteiger partial charge on any atom is 0.0753 e. The van der Waals surface area contributed by atoms with Crippen molar-refractivity contribution < 1.29 is 5.11 Å². The van der Waals surface area contributed by atoms with Crippen LogP contribution < -0.4 is 5.73 Å². The molecule has 0 aromatic carbocycles. The van der Waals surface area contributed by atoms with Gasteiger partial charge in [0.1, 0.15) is 0 Å². The summed E-state index contributed by atoms with van der Waals surface area (Å²) in [6, 6.07) is 0.621. The molecule has 1 rings (SSSR count). The first-order valence-corrected chi connectivity index (χ1v) is 6.83. The third-order valence-corrected chi connectivity index (χ3v) is 3.87. The van der Waals surface area contributed by atoms with Gasteiger partial charge in [-0.05, 0) is 46.3 Å². The molecule has 1 aliphatic rings. The highest BCUT2D eigenvalue weighted by Crippen LogP contribution is 2.15. The van der Waals surface area contributed by atoms with Crippen molar-refractivity contribution in [1.29, 1.82) is 0 Å². The molecule has 3 N–H and O–H groups in total. The van der Waals surface area contributed by atoms with Crippen LogP contribution in [0.15, 0.2) is 0 Å². The summed E-state index contributed by atoms with van der Waals surface area (Å²) in [5.41, 5.74) is 4.85. The molecule has 0 saturated carbocycles. The zero-order valence-electron chi connectivity index (χ0n) is 11.7. The fourth-order valence-corrected chi connectivity index (χ4v) is 2.46. The zero-order valence-corrected chi connectivity index (χ0v) is 11.7. The Labute approximate surface area is 106 Å². The number of nitrogens with two attached hydrogens (primary N) is 1. The molecule has 0 amide bonds. The van der Waals surface area contributed by atoms with Gasteiger partial charge in [-0.25, -0.2) is 0 Å². The molecule has 17 heavy (non-hydrogen) atoms. The number of hydrogen-bond donors (Lipinski definition) is 2. The van der Waals surface area contributed by atoms with E-state index in [9.17, 15) is 5.11 Å². The predicted octanol–water partition coefficient (Wildman–Crippen LogP) is 0.502. The summed E-state index contributed by atoms with van der Waals surface area (Å²) in [5.74, 6) is 0. The van der Waals surface area contributed by atoms with Crippen molar-refractivity contribution in [3.05, 3.63) is 0 Å². The number of hydrogen-bond acceptors (Lipinski definition) is 4. The normalized spacial score (nSPS) is 27.7. The van der Waals surface area contributed by atoms with Crippen molar-refractivity contribution in [1.82, 2.24) is 9.80 Å². The zero-order chi connectivity index (χ0) is 12.9. The van der Waals surface area contributed by atoms with Crippen molar-refractivity contribution >= 4 is 0 Å². The van der Waals surface area contributed by atoms with Crippen LogP contribution in [0, 0.1) is 0 Å². The van der Waals surface area contributed by atoms with Crippen LogP contribution in [0.2, 0.25) is 0 Å². The summed E-state index contributed by atoms with van der Waals surface area (Å²) in [7, 11) is 2.20. The van der Waals surface area contributed by atoms with E-state index >= 15 is 0 Å². The third kappa shape index (κ3) is 4.92. The summed E-state index contributed by atoms with van der Waals surface area (Å²) in [6.07, 6.45) is 3.16. The minimum atomic E-state index is -0.712. The predicted molar refractivity (Wildman–Crippen MR) is 72.1 cm³/mol. The van der Waals surface area contributed by atoms with Crippen LogP contribution in [0.3, 0.4) is 0 Å². The Morgan fingerprint density at radius 1 is 1.41 bits per heavy atom. The molecular formula is C13H29N3O. The van der Waals surface area contributed by atoms with Gasteiger partial charge < -0.3 is 15.7 Å². The minimum absolute atomic E-state index is 0.345. The van der Waals surface area contributed by atoms with Crippen molar-refractivity contribution in [3.8, 4) is 0 Å². The highest BCUT2D eigenvalue weighted by atomic mass is 16.3. The SMILES string of the molecule is CCC1CN(C)CCCN1CCC(C)(O)CN. The third-order valence-electron chi connectivity index (χ3n) is 3.87. The van der Waals surface area contributed by atoms with E-state index < -0.39 is 5.60 Å². The Morgan fingerprint density at radius 2 is 2.12 bits per heavy atom. The molecule has 0 radical (unpaired) electrons. The van der Waals surface area contributed by atoms with Gasteiger partial charge in [0.25, 0.3) is 0 Å². The molecule has 2 atom stereocenters. The highest BCUT2D eigenvalue weighted by Gasteiger charge is 2.25. The Balaban J connectivity index is 2.49. The van der Waals surface area contributed by atoms with E-state index in [-0.39, 0.29) is 0 Å². The molecular weight excluding hydrogens is 214 g/mol. The first-order chi connectivity index (χ1) is 7.98. The first kappa shape index (κ1) is 14.9. The molecule has 0 aliphatic carbocycles. The highest BCUT2D eigenvalue weighted by molar-refractivity contribution is 4.81. The Hall–Kier alpha value is -0.160. The maximum atomic E-state index is 9.97. The van der Waals surface area contributed by atoms with Crippen molar-refractivity contribution in [2.75, 3.05) is 39.8 Å². The molecule has 1 fully saturated rings. The molecule has 1 aliphatic heterocycles. The summed E-state index contributed by atoms with van der Waals surface area (Å²) >= 11 is 0. The Bertz CT molecular complexity index is 221. The molecule has 0 aromatic rings. The van der Waals surface area contributed by atoms with Gasteiger partial charge in [0.2, 0.25) is 0 Å². The summed E-state index contributed by atoms with van der Waals surface area (Å²) < 4.78 is 0. The number of aliphatic hydroxyl groups is 1. The van der Waals surface area contributed by atoms with E-state index in [4.69, 9.17) is 5.73 Å². The van der Waals surface area contributed by atoms with Crippen LogP contribution in [0.1, 0.15) is 33.1 Å². The van der Waals surface area contributed by atoms with E-state index in [1.165, 1.54) is 19.4 Å². The molecule has 1 heterocycles. The molecule has 102 valence electrons. The largest absolute Gasteiger partial charge is 0.389 e. The molecule has 0 aromatic heterocycles. The average molecular weight is 243 g/mol. The summed E-state index contributed by atoms with van der Waals surface area (Å²) in [6.45, 7) is 8.84. The standard InChI is InChI=1S/C13H29N3O/c1-4-12-10-15(3)7-5-8-16(12)9-6-13(2,17)11-14/h12,17H,4-11,14H2,1-3H3. The van der Waals surface area contributed by atoms with Crippen LogP contribution in [-0.2, 0) is 0 Å².